The quantitative estimate of drug-likeness (QED) is 0.567. The predicted molar refractivity (Wildman–Crippen MR) is 109 cm³/mol. The molecule has 0 radical (unpaired) electrons. The Labute approximate surface area is 157 Å². The van der Waals surface area contributed by atoms with Crippen molar-refractivity contribution in [3.63, 3.8) is 0 Å². The second-order valence-corrected chi connectivity index (χ2v) is 7.41. The monoisotopic (exact) mass is 362 g/mol. The summed E-state index contributed by atoms with van der Waals surface area (Å²) in [5, 5.41) is 8.91. The Balaban J connectivity index is 2.17. The van der Waals surface area contributed by atoms with Crippen molar-refractivity contribution >= 4 is 15.2 Å². The topological polar surface area (TPSA) is 37.3 Å². The highest BCUT2D eigenvalue weighted by Gasteiger charge is 2.38. The highest BCUT2D eigenvalue weighted by atomic mass is 31.0. The molecule has 0 fully saturated rings. The molecule has 0 aliphatic heterocycles. The maximum Gasteiger partial charge on any atom is 0.303 e. The summed E-state index contributed by atoms with van der Waals surface area (Å²) in [6, 6.07) is 30.9. The minimum atomic E-state index is -0.764. The molecule has 3 aromatic carbocycles. The van der Waals surface area contributed by atoms with Gasteiger partial charge in [0.1, 0.15) is 0 Å². The summed E-state index contributed by atoms with van der Waals surface area (Å²) in [6.07, 6.45) is 0.696. The van der Waals surface area contributed by atoms with Gasteiger partial charge in [-0.15, -0.1) is 9.24 Å². The third-order valence-electron chi connectivity index (χ3n) is 4.90. The first-order valence-electron chi connectivity index (χ1n) is 8.79. The Morgan fingerprint density at radius 1 is 0.808 bits per heavy atom. The van der Waals surface area contributed by atoms with Gasteiger partial charge in [0.2, 0.25) is 0 Å². The van der Waals surface area contributed by atoms with Crippen molar-refractivity contribution in [2.75, 3.05) is 0 Å². The Kier molecular flexibility index (Phi) is 5.85. The van der Waals surface area contributed by atoms with Gasteiger partial charge in [0.25, 0.3) is 0 Å². The Morgan fingerprint density at radius 3 is 1.65 bits per heavy atom. The van der Waals surface area contributed by atoms with E-state index in [0.717, 1.165) is 16.7 Å². The lowest BCUT2D eigenvalue weighted by molar-refractivity contribution is -0.137. The summed E-state index contributed by atoms with van der Waals surface area (Å²) >= 11 is 0. The van der Waals surface area contributed by atoms with Gasteiger partial charge in [0.15, 0.2) is 0 Å². The molecule has 3 aromatic rings. The average molecular weight is 362 g/mol. The van der Waals surface area contributed by atoms with E-state index in [1.807, 2.05) is 54.6 Å². The summed E-state index contributed by atoms with van der Waals surface area (Å²) in [5.41, 5.74) is 3.47. The molecule has 3 heteroatoms. The molecule has 2 nitrogen and oxygen atoms in total. The molecule has 0 saturated carbocycles. The van der Waals surface area contributed by atoms with E-state index in [9.17, 15) is 9.90 Å². The molecule has 1 N–H and O–H groups in total. The highest BCUT2D eigenvalue weighted by Crippen LogP contribution is 2.51. The number of carbonyl (C=O) groups is 1. The van der Waals surface area contributed by atoms with Crippen molar-refractivity contribution in [1.82, 2.24) is 0 Å². The van der Waals surface area contributed by atoms with Crippen LogP contribution in [-0.2, 0) is 9.95 Å². The molecule has 0 spiro atoms. The van der Waals surface area contributed by atoms with Crippen LogP contribution in [0.3, 0.4) is 0 Å². The molecule has 0 bridgehead atoms. The van der Waals surface area contributed by atoms with Crippen LogP contribution in [0.25, 0.3) is 0 Å². The zero-order valence-corrected chi connectivity index (χ0v) is 15.7. The number of rotatable bonds is 7. The minimum Gasteiger partial charge on any atom is -0.481 e. The molecule has 132 valence electrons. The smallest absolute Gasteiger partial charge is 0.303 e. The van der Waals surface area contributed by atoms with Crippen molar-refractivity contribution in [2.45, 2.75) is 23.9 Å². The number of benzene rings is 3. The summed E-state index contributed by atoms with van der Waals surface area (Å²) < 4.78 is 0. The van der Waals surface area contributed by atoms with Gasteiger partial charge in [0, 0.05) is 17.5 Å². The van der Waals surface area contributed by atoms with E-state index < -0.39 is 11.1 Å². The van der Waals surface area contributed by atoms with Crippen LogP contribution in [0.15, 0.2) is 91.0 Å². The maximum atomic E-state index is 11.3. The van der Waals surface area contributed by atoms with Gasteiger partial charge in [-0.25, -0.2) is 0 Å². The van der Waals surface area contributed by atoms with Crippen LogP contribution >= 0.6 is 9.24 Å². The molecular weight excluding hydrogens is 339 g/mol. The molecule has 0 aliphatic rings. The van der Waals surface area contributed by atoms with Crippen molar-refractivity contribution in [3.05, 3.63) is 108 Å². The van der Waals surface area contributed by atoms with E-state index in [0.29, 0.717) is 6.42 Å². The van der Waals surface area contributed by atoms with Crippen molar-refractivity contribution < 1.29 is 9.90 Å². The van der Waals surface area contributed by atoms with E-state index in [-0.39, 0.29) is 12.3 Å². The van der Waals surface area contributed by atoms with Crippen molar-refractivity contribution in [1.29, 1.82) is 0 Å². The Bertz CT molecular complexity index is 792. The van der Waals surface area contributed by atoms with E-state index in [1.54, 1.807) is 0 Å². The normalized spacial score (nSPS) is 12.5. The lowest BCUT2D eigenvalue weighted by Crippen LogP contribution is -2.29. The van der Waals surface area contributed by atoms with Crippen LogP contribution in [0, 0.1) is 0 Å². The number of aliphatic carboxylic acids is 1. The summed E-state index contributed by atoms with van der Waals surface area (Å²) in [7, 11) is 3.05. The fourth-order valence-electron chi connectivity index (χ4n) is 3.61. The highest BCUT2D eigenvalue weighted by molar-refractivity contribution is 7.19. The standard InChI is InChI=1S/C23H23O2P/c24-22(25)17-16-21(18-10-4-1-5-11-18)23(26,19-12-6-2-7-13-19)20-14-8-3-9-15-20/h1-15,21H,16-17,26H2,(H,24,25). The van der Waals surface area contributed by atoms with Crippen LogP contribution in [0.5, 0.6) is 0 Å². The molecule has 3 rings (SSSR count). The van der Waals surface area contributed by atoms with E-state index in [4.69, 9.17) is 0 Å². The minimum absolute atomic E-state index is 0.0228. The van der Waals surface area contributed by atoms with E-state index in [1.165, 1.54) is 0 Å². The van der Waals surface area contributed by atoms with Crippen LogP contribution in [-0.4, -0.2) is 11.1 Å². The van der Waals surface area contributed by atoms with Gasteiger partial charge in [-0.2, -0.15) is 0 Å². The number of hydrogen-bond donors (Lipinski definition) is 1. The van der Waals surface area contributed by atoms with Crippen molar-refractivity contribution in [2.24, 2.45) is 0 Å². The van der Waals surface area contributed by atoms with Gasteiger partial charge >= 0.3 is 5.97 Å². The zero-order valence-electron chi connectivity index (χ0n) is 14.6. The fourth-order valence-corrected chi connectivity index (χ4v) is 4.35. The Hall–Kier alpha value is -2.44. The average Bonchev–Trinajstić information content (AvgIpc) is 2.70. The van der Waals surface area contributed by atoms with Gasteiger partial charge in [-0.1, -0.05) is 91.0 Å². The molecule has 0 saturated heterocycles. The second kappa shape index (κ2) is 8.29. The maximum absolute atomic E-state index is 11.3. The number of carboxylic acid groups (broad SMARTS) is 1. The SMILES string of the molecule is O=C(O)CCC(c1ccccc1)C(P)(c1ccccc1)c1ccccc1. The predicted octanol–water partition coefficient (Wildman–Crippen LogP) is 5.45. The lowest BCUT2D eigenvalue weighted by Gasteiger charge is -2.39. The summed E-state index contributed by atoms with van der Waals surface area (Å²) in [5.74, 6) is -0.742. The first-order valence-corrected chi connectivity index (χ1v) is 9.36. The van der Waals surface area contributed by atoms with Crippen LogP contribution < -0.4 is 0 Å². The van der Waals surface area contributed by atoms with Crippen LogP contribution in [0.2, 0.25) is 0 Å². The molecule has 26 heavy (non-hydrogen) atoms. The van der Waals surface area contributed by atoms with Gasteiger partial charge in [-0.05, 0) is 23.1 Å². The van der Waals surface area contributed by atoms with Crippen LogP contribution in [0.4, 0.5) is 0 Å². The van der Waals surface area contributed by atoms with E-state index in [2.05, 4.69) is 45.6 Å². The third kappa shape index (κ3) is 3.86. The number of hydrogen-bond acceptors (Lipinski definition) is 1. The van der Waals surface area contributed by atoms with Gasteiger partial charge in [-0.3, -0.25) is 4.79 Å². The molecule has 2 unspecified atom stereocenters. The molecule has 0 aliphatic carbocycles. The molecule has 0 aromatic heterocycles. The fraction of sp³-hybridized carbons (Fsp3) is 0.174. The number of carboxylic acids is 1. The largest absolute Gasteiger partial charge is 0.481 e. The first-order chi connectivity index (χ1) is 12.6. The summed E-state index contributed by atoms with van der Waals surface area (Å²) in [6.45, 7) is 0. The van der Waals surface area contributed by atoms with Gasteiger partial charge < -0.3 is 5.11 Å². The third-order valence-corrected chi connectivity index (χ3v) is 5.97. The first kappa shape index (κ1) is 18.4. The molecule has 0 amide bonds. The van der Waals surface area contributed by atoms with Gasteiger partial charge in [0.05, 0.1) is 0 Å². The second-order valence-electron chi connectivity index (χ2n) is 6.50. The summed E-state index contributed by atoms with van der Waals surface area (Å²) in [4.78, 5) is 11.3. The lowest BCUT2D eigenvalue weighted by atomic mass is 9.74. The van der Waals surface area contributed by atoms with Crippen LogP contribution in [0.1, 0.15) is 35.4 Å². The molecular formula is C23H23O2P. The Morgan fingerprint density at radius 2 is 1.23 bits per heavy atom. The zero-order chi connectivity index (χ0) is 18.4. The van der Waals surface area contributed by atoms with E-state index >= 15 is 0 Å². The van der Waals surface area contributed by atoms with Crippen molar-refractivity contribution in [3.8, 4) is 0 Å². The molecule has 0 heterocycles. The molecule has 2 atom stereocenters.